The van der Waals surface area contributed by atoms with Crippen LogP contribution in [0.2, 0.25) is 0 Å². The number of nitrogens with one attached hydrogen (secondary N) is 3. The highest BCUT2D eigenvalue weighted by atomic mass is 32.2. The summed E-state index contributed by atoms with van der Waals surface area (Å²) in [6.45, 7) is 4.04. The molecule has 2 unspecified atom stereocenters. The number of hydrogen-bond donors (Lipinski definition) is 5. The minimum absolute atomic E-state index is 0.00824. The van der Waals surface area contributed by atoms with Crippen LogP contribution in [0, 0.1) is 0 Å². The number of carboxylic acid groups (broad SMARTS) is 1. The maximum absolute atomic E-state index is 13.5. The largest absolute Gasteiger partial charge is 0.508 e. The molecule has 0 aliphatic carbocycles. The van der Waals surface area contributed by atoms with Crippen LogP contribution in [0.5, 0.6) is 5.75 Å². The van der Waals surface area contributed by atoms with E-state index in [1.807, 2.05) is 24.3 Å². The lowest BCUT2D eigenvalue weighted by Gasteiger charge is -2.44. The number of β-lactam (4-membered cyclic amide) rings is 1. The van der Waals surface area contributed by atoms with Crippen molar-refractivity contribution in [2.24, 2.45) is 0 Å². The van der Waals surface area contributed by atoms with Gasteiger partial charge in [0.2, 0.25) is 17.7 Å². The molecule has 0 saturated carbocycles. The minimum Gasteiger partial charge on any atom is -0.508 e. The number of fused-ring (bicyclic) bond motifs is 2. The molecule has 2 saturated heterocycles. The lowest BCUT2D eigenvalue weighted by Crippen LogP contribution is -2.71. The van der Waals surface area contributed by atoms with E-state index in [1.54, 1.807) is 13.8 Å². The lowest BCUT2D eigenvalue weighted by molar-refractivity contribution is -0.161. The normalized spacial score (nSPS) is 26.3. The third kappa shape index (κ3) is 4.53. The van der Waals surface area contributed by atoms with Gasteiger partial charge >= 0.3 is 5.97 Å². The smallest absolute Gasteiger partial charge is 0.327 e. The molecule has 10 nitrogen and oxygen atoms in total. The van der Waals surface area contributed by atoms with Crippen LogP contribution in [0.15, 0.2) is 48.5 Å². The summed E-state index contributed by atoms with van der Waals surface area (Å²) in [5.41, 5.74) is 2.61. The summed E-state index contributed by atoms with van der Waals surface area (Å²) in [6, 6.07) is 10.2. The van der Waals surface area contributed by atoms with Crippen LogP contribution in [0.3, 0.4) is 0 Å². The van der Waals surface area contributed by atoms with Crippen molar-refractivity contribution < 1.29 is 29.4 Å². The Kier molecular flexibility index (Phi) is 6.36. The monoisotopic (exact) mass is 524 g/mol. The first-order valence-electron chi connectivity index (χ1n) is 12.0. The van der Waals surface area contributed by atoms with Crippen molar-refractivity contribution >= 4 is 35.5 Å². The molecular weight excluding hydrogens is 496 g/mol. The maximum Gasteiger partial charge on any atom is 0.327 e. The molecule has 5 N–H and O–H groups in total. The summed E-state index contributed by atoms with van der Waals surface area (Å²) >= 11 is 1.33. The fourth-order valence-corrected chi connectivity index (χ4v) is 6.86. The second-order valence-corrected chi connectivity index (χ2v) is 11.8. The van der Waals surface area contributed by atoms with Gasteiger partial charge in [-0.1, -0.05) is 36.4 Å². The third-order valence-electron chi connectivity index (χ3n) is 7.15. The fraction of sp³-hybridized carbons (Fsp3) is 0.385. The molecule has 5 rings (SSSR count). The Hall–Kier alpha value is -3.57. The van der Waals surface area contributed by atoms with E-state index in [0.29, 0.717) is 18.5 Å². The lowest BCUT2D eigenvalue weighted by atomic mass is 9.94. The first-order chi connectivity index (χ1) is 17.6. The van der Waals surface area contributed by atoms with Gasteiger partial charge < -0.3 is 31.1 Å². The molecule has 5 atom stereocenters. The molecule has 0 radical (unpaired) electrons. The van der Waals surface area contributed by atoms with Crippen LogP contribution in [0.1, 0.15) is 36.6 Å². The van der Waals surface area contributed by atoms with Gasteiger partial charge in [-0.05, 0) is 49.1 Å². The van der Waals surface area contributed by atoms with Crippen LogP contribution in [-0.2, 0) is 32.1 Å². The van der Waals surface area contributed by atoms with E-state index in [0.717, 1.165) is 11.1 Å². The number of benzene rings is 2. The van der Waals surface area contributed by atoms with Gasteiger partial charge in [0, 0.05) is 11.3 Å². The van der Waals surface area contributed by atoms with E-state index in [2.05, 4.69) is 16.0 Å². The number of aromatic hydroxyl groups is 1. The number of thioether (sulfide) groups is 1. The number of aliphatic carboxylic acids is 1. The highest BCUT2D eigenvalue weighted by Crippen LogP contribution is 2.50. The number of hydrogen-bond acceptors (Lipinski definition) is 7. The summed E-state index contributed by atoms with van der Waals surface area (Å²) in [7, 11) is 0. The van der Waals surface area contributed by atoms with E-state index in [-0.39, 0.29) is 11.7 Å². The molecule has 0 aromatic heterocycles. The van der Waals surface area contributed by atoms with Gasteiger partial charge in [-0.15, -0.1) is 11.8 Å². The summed E-state index contributed by atoms with van der Waals surface area (Å²) < 4.78 is -0.723. The Morgan fingerprint density at radius 1 is 1.11 bits per heavy atom. The minimum atomic E-state index is -1.12. The number of nitrogens with zero attached hydrogens (tertiary/aromatic N) is 1. The Morgan fingerprint density at radius 2 is 1.78 bits per heavy atom. The Bertz CT molecular complexity index is 1270. The van der Waals surface area contributed by atoms with E-state index < -0.39 is 52.1 Å². The van der Waals surface area contributed by atoms with Gasteiger partial charge in [-0.3, -0.25) is 14.4 Å². The van der Waals surface area contributed by atoms with Crippen LogP contribution in [-0.4, -0.2) is 67.1 Å². The average molecular weight is 525 g/mol. The molecule has 11 heteroatoms. The number of rotatable bonds is 6. The first-order valence-corrected chi connectivity index (χ1v) is 12.9. The predicted octanol–water partition coefficient (Wildman–Crippen LogP) is 0.896. The van der Waals surface area contributed by atoms with Crippen molar-refractivity contribution in [3.05, 3.63) is 65.2 Å². The molecular formula is C26H28N4O6S. The van der Waals surface area contributed by atoms with Crippen LogP contribution < -0.4 is 16.0 Å². The van der Waals surface area contributed by atoms with Crippen LogP contribution in [0.4, 0.5) is 0 Å². The number of carbonyl (C=O) groups is 4. The van der Waals surface area contributed by atoms with Gasteiger partial charge in [0.15, 0.2) is 0 Å². The molecule has 0 spiro atoms. The zero-order valence-corrected chi connectivity index (χ0v) is 21.1. The van der Waals surface area contributed by atoms with Crippen LogP contribution in [0.25, 0.3) is 0 Å². The van der Waals surface area contributed by atoms with E-state index >= 15 is 0 Å². The standard InChI is InChI=1S/C26H28N4O6S/c1-26(2)20(25(35)36)30-23(34)19(24(30)37-26)29-22(33)18(13-7-9-16(31)10-8-13)28-21(32)17-11-14-5-3-4-6-15(14)12-27-17/h3-10,17-20,24,27,31H,11-12H2,1-2H3,(H,28,32)(H,29,33)(H,35,36)/t17?,18?,19-,20+,24-/m1/s1. The third-order valence-corrected chi connectivity index (χ3v) is 8.72. The molecule has 2 aromatic rings. The molecule has 3 heterocycles. The molecule has 3 aliphatic heterocycles. The van der Waals surface area contributed by atoms with E-state index in [9.17, 15) is 29.4 Å². The highest BCUT2D eigenvalue weighted by Gasteiger charge is 2.64. The number of carbonyl (C=O) groups excluding carboxylic acids is 3. The molecule has 2 fully saturated rings. The average Bonchev–Trinajstić information content (AvgIpc) is 3.13. The number of phenolic OH excluding ortho intramolecular Hbond substituents is 1. The van der Waals surface area contributed by atoms with Crippen molar-refractivity contribution in [3.63, 3.8) is 0 Å². The maximum atomic E-state index is 13.5. The van der Waals surface area contributed by atoms with E-state index in [1.165, 1.54) is 40.9 Å². The Labute approximate surface area is 217 Å². The molecule has 3 aliphatic rings. The molecule has 37 heavy (non-hydrogen) atoms. The molecule has 3 amide bonds. The van der Waals surface area contributed by atoms with E-state index in [4.69, 9.17) is 0 Å². The van der Waals surface area contributed by atoms with Gasteiger partial charge in [0.1, 0.15) is 29.2 Å². The van der Waals surface area contributed by atoms with Gasteiger partial charge in [-0.25, -0.2) is 4.79 Å². The van der Waals surface area contributed by atoms with Crippen molar-refractivity contribution in [2.75, 3.05) is 0 Å². The predicted molar refractivity (Wildman–Crippen MR) is 135 cm³/mol. The first kappa shape index (κ1) is 25.1. The topological polar surface area (TPSA) is 148 Å². The fourth-order valence-electron chi connectivity index (χ4n) is 5.23. The Morgan fingerprint density at radius 3 is 2.46 bits per heavy atom. The summed E-state index contributed by atoms with van der Waals surface area (Å²) in [5, 5.41) is 27.6. The highest BCUT2D eigenvalue weighted by molar-refractivity contribution is 8.01. The zero-order chi connectivity index (χ0) is 26.5. The van der Waals surface area contributed by atoms with Crippen molar-refractivity contribution in [3.8, 4) is 5.75 Å². The zero-order valence-electron chi connectivity index (χ0n) is 20.3. The molecule has 194 valence electrons. The van der Waals surface area contributed by atoms with Gasteiger partial charge in [0.05, 0.1) is 6.04 Å². The quantitative estimate of drug-likeness (QED) is 0.350. The number of amides is 3. The van der Waals surface area contributed by atoms with Gasteiger partial charge in [0.25, 0.3) is 0 Å². The van der Waals surface area contributed by atoms with Crippen molar-refractivity contribution in [1.29, 1.82) is 0 Å². The Balaban J connectivity index is 1.33. The van der Waals surface area contributed by atoms with Gasteiger partial charge in [-0.2, -0.15) is 0 Å². The summed E-state index contributed by atoms with van der Waals surface area (Å²) in [6.07, 6.45) is 0.465. The van der Waals surface area contributed by atoms with Crippen LogP contribution >= 0.6 is 11.8 Å². The van der Waals surface area contributed by atoms with Crippen molar-refractivity contribution in [2.45, 2.75) is 61.1 Å². The second kappa shape index (κ2) is 9.38. The summed E-state index contributed by atoms with van der Waals surface area (Å²) in [4.78, 5) is 52.6. The van der Waals surface area contributed by atoms with Crippen molar-refractivity contribution in [1.82, 2.24) is 20.9 Å². The number of phenols is 1. The molecule has 2 aromatic carbocycles. The number of carboxylic acids is 1. The molecule has 0 bridgehead atoms. The summed E-state index contributed by atoms with van der Waals surface area (Å²) in [5.74, 6) is -2.51. The second-order valence-electron chi connectivity index (χ2n) is 10.0. The SMILES string of the molecule is CC1(C)S[C@@H]2[C@H](NC(=O)C(NC(=O)C3Cc4ccccc4CN3)c3ccc(O)cc3)C(=O)N2[C@H]1C(=O)O.